The maximum absolute atomic E-state index is 5.59. The second kappa shape index (κ2) is 9.47. The molecule has 2 nitrogen and oxygen atoms in total. The number of hydrogen-bond acceptors (Lipinski definition) is 2. The van der Waals surface area contributed by atoms with Gasteiger partial charge in [0.2, 0.25) is 0 Å². The van der Waals surface area contributed by atoms with Crippen LogP contribution < -0.4 is 0 Å². The molecule has 0 rings (SSSR count). The van der Waals surface area contributed by atoms with Crippen LogP contribution in [0.5, 0.6) is 0 Å². The molecular formula is C12H24O2. The molecule has 0 N–H and O–H groups in total. The van der Waals surface area contributed by atoms with Crippen LogP contribution in [0.4, 0.5) is 0 Å². The molecule has 2 heteroatoms. The molecule has 84 valence electrons. The summed E-state index contributed by atoms with van der Waals surface area (Å²) in [7, 11) is 0. The van der Waals surface area contributed by atoms with Gasteiger partial charge in [-0.15, -0.1) is 0 Å². The Balaban J connectivity index is 3.23. The zero-order chi connectivity index (χ0) is 10.8. The van der Waals surface area contributed by atoms with Crippen LogP contribution in [0.3, 0.4) is 0 Å². The molecule has 0 aliphatic carbocycles. The second-order valence-electron chi connectivity index (χ2n) is 3.82. The van der Waals surface area contributed by atoms with Crippen LogP contribution in [-0.2, 0) is 9.47 Å². The van der Waals surface area contributed by atoms with Gasteiger partial charge in [0, 0.05) is 13.2 Å². The molecule has 14 heavy (non-hydrogen) atoms. The molecule has 0 aliphatic heterocycles. The van der Waals surface area contributed by atoms with E-state index in [9.17, 15) is 0 Å². The molecular weight excluding hydrogens is 176 g/mol. The van der Waals surface area contributed by atoms with Crippen molar-refractivity contribution in [1.82, 2.24) is 0 Å². The van der Waals surface area contributed by atoms with E-state index in [2.05, 4.69) is 20.8 Å². The fourth-order valence-corrected chi connectivity index (χ4v) is 0.913. The summed E-state index contributed by atoms with van der Waals surface area (Å²) in [5, 5.41) is 0. The summed E-state index contributed by atoms with van der Waals surface area (Å²) in [6.07, 6.45) is 3.08. The van der Waals surface area contributed by atoms with E-state index in [-0.39, 0.29) is 6.10 Å². The highest BCUT2D eigenvalue weighted by Crippen LogP contribution is 2.03. The zero-order valence-electron chi connectivity index (χ0n) is 9.63. The smallest absolute Gasteiger partial charge is 0.0780 e. The minimum Gasteiger partial charge on any atom is -0.379 e. The normalized spacial score (nSPS) is 15.4. The lowest BCUT2D eigenvalue weighted by atomic mass is 10.1. The Morgan fingerprint density at radius 2 is 1.86 bits per heavy atom. The van der Waals surface area contributed by atoms with Crippen molar-refractivity contribution in [1.29, 1.82) is 0 Å². The van der Waals surface area contributed by atoms with Gasteiger partial charge in [0.15, 0.2) is 0 Å². The summed E-state index contributed by atoms with van der Waals surface area (Å²) < 4.78 is 11.0. The van der Waals surface area contributed by atoms with Crippen LogP contribution >= 0.6 is 0 Å². The predicted octanol–water partition coefficient (Wildman–Crippen LogP) is 2.88. The van der Waals surface area contributed by atoms with Crippen LogP contribution in [-0.4, -0.2) is 25.9 Å². The fraction of sp³-hybridized carbons (Fsp3) is 0.833. The second-order valence-corrected chi connectivity index (χ2v) is 3.82. The third-order valence-electron chi connectivity index (χ3n) is 2.05. The van der Waals surface area contributed by atoms with Crippen molar-refractivity contribution in [3.8, 4) is 0 Å². The van der Waals surface area contributed by atoms with Crippen molar-refractivity contribution >= 4 is 0 Å². The van der Waals surface area contributed by atoms with Gasteiger partial charge >= 0.3 is 0 Å². The molecule has 0 saturated carbocycles. The van der Waals surface area contributed by atoms with E-state index < -0.39 is 0 Å². The Morgan fingerprint density at radius 3 is 2.43 bits per heavy atom. The molecule has 0 fully saturated rings. The van der Waals surface area contributed by atoms with Gasteiger partial charge < -0.3 is 9.47 Å². The number of ether oxygens (including phenoxy) is 2. The van der Waals surface area contributed by atoms with Crippen LogP contribution in [0.2, 0.25) is 0 Å². The van der Waals surface area contributed by atoms with Gasteiger partial charge in [-0.3, -0.25) is 0 Å². The van der Waals surface area contributed by atoms with Crippen molar-refractivity contribution in [2.24, 2.45) is 5.92 Å². The first-order chi connectivity index (χ1) is 6.70. The lowest BCUT2D eigenvalue weighted by Crippen LogP contribution is -2.19. The molecule has 0 amide bonds. The standard InChI is InChI=1S/C12H24O2/c1-5-7-8-13-10-12(4)14-9-11(3)6-2/h11-12H,1-2,5-10H2,3-4H3. The fourth-order valence-electron chi connectivity index (χ4n) is 0.913. The quantitative estimate of drug-likeness (QED) is 0.533. The van der Waals surface area contributed by atoms with Gasteiger partial charge in [-0.05, 0) is 25.7 Å². The maximum atomic E-state index is 5.59. The van der Waals surface area contributed by atoms with Gasteiger partial charge in [0.1, 0.15) is 0 Å². The monoisotopic (exact) mass is 200 g/mol. The SMILES string of the molecule is [CH2]CCCOCC(C)OCC(C)C[CH2]. The highest BCUT2D eigenvalue weighted by molar-refractivity contribution is 4.55. The van der Waals surface area contributed by atoms with E-state index >= 15 is 0 Å². The topological polar surface area (TPSA) is 18.5 Å². The first kappa shape index (κ1) is 13.9. The zero-order valence-corrected chi connectivity index (χ0v) is 9.63. The third-order valence-corrected chi connectivity index (χ3v) is 2.05. The number of unbranched alkanes of at least 4 members (excludes halogenated alkanes) is 1. The summed E-state index contributed by atoms with van der Waals surface area (Å²) >= 11 is 0. The average molecular weight is 200 g/mol. The van der Waals surface area contributed by atoms with Crippen molar-refractivity contribution in [2.45, 2.75) is 39.2 Å². The number of hydrogen-bond donors (Lipinski definition) is 0. The van der Waals surface area contributed by atoms with Gasteiger partial charge in [0.25, 0.3) is 0 Å². The minimum absolute atomic E-state index is 0.189. The Bertz CT molecular complexity index is 115. The third kappa shape index (κ3) is 8.52. The van der Waals surface area contributed by atoms with Crippen LogP contribution in [0.25, 0.3) is 0 Å². The first-order valence-electron chi connectivity index (χ1n) is 5.48. The van der Waals surface area contributed by atoms with E-state index in [1.54, 1.807) is 0 Å². The van der Waals surface area contributed by atoms with Crippen LogP contribution in [0.1, 0.15) is 33.1 Å². The van der Waals surface area contributed by atoms with Gasteiger partial charge in [-0.25, -0.2) is 0 Å². The average Bonchev–Trinajstić information content (AvgIpc) is 2.21. The molecule has 0 aliphatic rings. The molecule has 0 bridgehead atoms. The van der Waals surface area contributed by atoms with E-state index in [0.29, 0.717) is 12.5 Å². The molecule has 2 atom stereocenters. The molecule has 0 aromatic heterocycles. The Labute approximate surface area is 89.0 Å². The first-order valence-corrected chi connectivity index (χ1v) is 5.48. The molecule has 0 spiro atoms. The molecule has 0 aromatic rings. The van der Waals surface area contributed by atoms with Crippen LogP contribution in [0, 0.1) is 19.8 Å². The van der Waals surface area contributed by atoms with Crippen molar-refractivity contribution in [2.75, 3.05) is 19.8 Å². The summed E-state index contributed by atoms with van der Waals surface area (Å²) in [6, 6.07) is 0. The van der Waals surface area contributed by atoms with Gasteiger partial charge in [0.05, 0.1) is 12.7 Å². The summed E-state index contributed by atoms with van der Waals surface area (Å²) in [5.74, 6) is 0.539. The lowest BCUT2D eigenvalue weighted by Gasteiger charge is -2.16. The highest BCUT2D eigenvalue weighted by atomic mass is 16.5. The molecule has 0 saturated heterocycles. The van der Waals surface area contributed by atoms with Gasteiger partial charge in [-0.2, -0.15) is 0 Å². The highest BCUT2D eigenvalue weighted by Gasteiger charge is 2.04. The summed E-state index contributed by atoms with van der Waals surface area (Å²) in [4.78, 5) is 0. The lowest BCUT2D eigenvalue weighted by molar-refractivity contribution is -0.0179. The van der Waals surface area contributed by atoms with E-state index in [4.69, 9.17) is 9.47 Å². The Kier molecular flexibility index (Phi) is 9.42. The maximum Gasteiger partial charge on any atom is 0.0780 e. The number of rotatable bonds is 9. The van der Waals surface area contributed by atoms with E-state index in [1.807, 2.05) is 6.92 Å². The summed E-state index contributed by atoms with van der Waals surface area (Å²) in [5.41, 5.74) is 0. The van der Waals surface area contributed by atoms with E-state index in [0.717, 1.165) is 32.5 Å². The van der Waals surface area contributed by atoms with Crippen molar-refractivity contribution in [3.05, 3.63) is 13.8 Å². The van der Waals surface area contributed by atoms with Crippen LogP contribution in [0.15, 0.2) is 0 Å². The molecule has 2 unspecified atom stereocenters. The summed E-state index contributed by atoms with van der Waals surface area (Å²) in [6.45, 7) is 14.0. The van der Waals surface area contributed by atoms with E-state index in [1.165, 1.54) is 0 Å². The molecule has 0 heterocycles. The minimum atomic E-state index is 0.189. The Hall–Kier alpha value is -0.0800. The van der Waals surface area contributed by atoms with Crippen molar-refractivity contribution in [3.63, 3.8) is 0 Å². The molecule has 0 aromatic carbocycles. The Morgan fingerprint density at radius 1 is 1.14 bits per heavy atom. The molecule has 2 radical (unpaired) electrons. The van der Waals surface area contributed by atoms with Crippen molar-refractivity contribution < 1.29 is 9.47 Å². The largest absolute Gasteiger partial charge is 0.379 e. The predicted molar refractivity (Wildman–Crippen MR) is 60.0 cm³/mol. The van der Waals surface area contributed by atoms with Gasteiger partial charge in [-0.1, -0.05) is 27.2 Å².